The van der Waals surface area contributed by atoms with E-state index in [1.54, 1.807) is 11.3 Å². The van der Waals surface area contributed by atoms with Crippen molar-refractivity contribution in [3.05, 3.63) is 65.9 Å². The summed E-state index contributed by atoms with van der Waals surface area (Å²) in [7, 11) is 0. The molecule has 1 aliphatic heterocycles. The van der Waals surface area contributed by atoms with Gasteiger partial charge in [-0.2, -0.15) is 0 Å². The van der Waals surface area contributed by atoms with Crippen LogP contribution in [0.2, 0.25) is 0 Å². The van der Waals surface area contributed by atoms with E-state index in [-0.39, 0.29) is 11.8 Å². The van der Waals surface area contributed by atoms with Gasteiger partial charge in [0.05, 0.1) is 24.4 Å². The van der Waals surface area contributed by atoms with E-state index in [0.717, 1.165) is 52.0 Å². The second-order valence-electron chi connectivity index (χ2n) is 8.68. The first-order chi connectivity index (χ1) is 16.6. The van der Waals surface area contributed by atoms with Crippen molar-refractivity contribution in [3.63, 3.8) is 0 Å². The van der Waals surface area contributed by atoms with Crippen LogP contribution < -0.4 is 15.0 Å². The lowest BCUT2D eigenvalue weighted by Crippen LogP contribution is -2.43. The molecule has 1 amide bonds. The number of imidazole rings is 1. The van der Waals surface area contributed by atoms with E-state index in [0.29, 0.717) is 19.7 Å². The largest absolute Gasteiger partial charge is 0.494 e. The predicted molar refractivity (Wildman–Crippen MR) is 135 cm³/mol. The lowest BCUT2D eigenvalue weighted by Gasteiger charge is -2.31. The van der Waals surface area contributed by atoms with Gasteiger partial charge in [0, 0.05) is 25.2 Å². The number of carbonyl (C=O) groups excluding carboxylic acids is 1. The van der Waals surface area contributed by atoms with Crippen LogP contribution in [0, 0.1) is 12.8 Å². The Hall–Kier alpha value is -3.39. The van der Waals surface area contributed by atoms with Crippen LogP contribution in [0.1, 0.15) is 30.9 Å². The summed E-state index contributed by atoms with van der Waals surface area (Å²) >= 11 is 1.57. The fourth-order valence-electron chi connectivity index (χ4n) is 4.25. The summed E-state index contributed by atoms with van der Waals surface area (Å²) in [6.07, 6.45) is 3.84. The number of hydrogen-bond acceptors (Lipinski definition) is 6. The summed E-state index contributed by atoms with van der Waals surface area (Å²) in [6.45, 7) is 6.80. The summed E-state index contributed by atoms with van der Waals surface area (Å²) < 4.78 is 7.33. The number of piperidine rings is 1. The summed E-state index contributed by atoms with van der Waals surface area (Å²) in [5.41, 5.74) is 4.31. The number of nitrogens with zero attached hydrogens (tertiary/aromatic N) is 4. The van der Waals surface area contributed by atoms with Gasteiger partial charge in [-0.05, 0) is 44.4 Å². The quantitative estimate of drug-likeness (QED) is 0.420. The lowest BCUT2D eigenvalue weighted by atomic mass is 9.97. The molecule has 34 heavy (non-hydrogen) atoms. The van der Waals surface area contributed by atoms with Crippen LogP contribution in [0.5, 0.6) is 5.75 Å². The van der Waals surface area contributed by atoms with Gasteiger partial charge in [-0.3, -0.25) is 4.79 Å². The maximum Gasteiger partial charge on any atom is 0.225 e. The first-order valence-electron chi connectivity index (χ1n) is 11.8. The second-order valence-corrected chi connectivity index (χ2v) is 9.62. The molecule has 8 heteroatoms. The smallest absolute Gasteiger partial charge is 0.225 e. The minimum absolute atomic E-state index is 0.0456. The molecule has 4 aromatic rings. The summed E-state index contributed by atoms with van der Waals surface area (Å²) in [6, 6.07) is 16.2. The molecule has 1 fully saturated rings. The third kappa shape index (κ3) is 4.92. The normalized spacial score (nSPS) is 16.1. The highest BCUT2D eigenvalue weighted by atomic mass is 32.1. The van der Waals surface area contributed by atoms with E-state index in [2.05, 4.69) is 41.4 Å². The Labute approximate surface area is 203 Å². The average molecular weight is 476 g/mol. The molecule has 2 aromatic carbocycles. The number of aryl methyl sites for hydroxylation is 1. The molecule has 176 valence electrons. The zero-order valence-electron chi connectivity index (χ0n) is 19.5. The number of anilines is 1. The molecule has 1 N–H and O–H groups in total. The minimum atomic E-state index is -0.0456. The van der Waals surface area contributed by atoms with E-state index in [9.17, 15) is 4.79 Å². The Morgan fingerprint density at radius 1 is 1.18 bits per heavy atom. The minimum Gasteiger partial charge on any atom is -0.494 e. The van der Waals surface area contributed by atoms with Crippen molar-refractivity contribution in [2.45, 2.75) is 33.2 Å². The number of benzene rings is 2. The molecule has 0 aliphatic carbocycles. The van der Waals surface area contributed by atoms with Crippen LogP contribution in [0.15, 0.2) is 54.7 Å². The van der Waals surface area contributed by atoms with Crippen LogP contribution in [0.3, 0.4) is 0 Å². The SMILES string of the molecule is CCOc1ccc(CNC(=O)[C@H]2CCCN(c3nn4cc(-c5ccc(C)cc5)nc4s3)C2)cc1. The van der Waals surface area contributed by atoms with Crippen LogP contribution >= 0.6 is 11.3 Å². The monoisotopic (exact) mass is 475 g/mol. The van der Waals surface area contributed by atoms with Gasteiger partial charge in [0.25, 0.3) is 0 Å². The van der Waals surface area contributed by atoms with Gasteiger partial charge in [-0.15, -0.1) is 5.10 Å². The van der Waals surface area contributed by atoms with Gasteiger partial charge < -0.3 is 15.0 Å². The summed E-state index contributed by atoms with van der Waals surface area (Å²) in [5.74, 6) is 0.902. The van der Waals surface area contributed by atoms with Crippen molar-refractivity contribution >= 4 is 27.3 Å². The Balaban J connectivity index is 1.20. The molecule has 1 atom stereocenters. The predicted octanol–water partition coefficient (Wildman–Crippen LogP) is 4.70. The second kappa shape index (κ2) is 9.85. The number of carbonyl (C=O) groups is 1. The third-order valence-corrected chi connectivity index (χ3v) is 7.13. The lowest BCUT2D eigenvalue weighted by molar-refractivity contribution is -0.125. The van der Waals surface area contributed by atoms with E-state index in [4.69, 9.17) is 14.8 Å². The Morgan fingerprint density at radius 2 is 1.97 bits per heavy atom. The topological polar surface area (TPSA) is 71.8 Å². The fraction of sp³-hybridized carbons (Fsp3) is 0.346. The van der Waals surface area contributed by atoms with Crippen LogP contribution in [0.4, 0.5) is 5.13 Å². The van der Waals surface area contributed by atoms with Gasteiger partial charge >= 0.3 is 0 Å². The molecule has 1 aliphatic rings. The van der Waals surface area contributed by atoms with Crippen LogP contribution in [-0.2, 0) is 11.3 Å². The fourth-order valence-corrected chi connectivity index (χ4v) is 5.17. The Kier molecular flexibility index (Phi) is 6.49. The molecular weight excluding hydrogens is 446 g/mol. The highest BCUT2D eigenvalue weighted by Crippen LogP contribution is 2.30. The molecule has 2 aromatic heterocycles. The Morgan fingerprint density at radius 3 is 2.71 bits per heavy atom. The summed E-state index contributed by atoms with van der Waals surface area (Å²) in [4.78, 5) is 20.7. The maximum absolute atomic E-state index is 12.9. The average Bonchev–Trinajstić information content (AvgIpc) is 3.44. The standard InChI is InChI=1S/C26H29N5O2S/c1-3-33-22-12-8-19(9-13-22)15-27-24(32)21-5-4-14-30(16-21)26-29-31-17-23(28-25(31)34-26)20-10-6-18(2)7-11-20/h6-13,17,21H,3-5,14-16H2,1-2H3,(H,27,32)/t21-/m0/s1. The van der Waals surface area contributed by atoms with E-state index in [1.165, 1.54) is 5.56 Å². The van der Waals surface area contributed by atoms with Crippen molar-refractivity contribution in [1.82, 2.24) is 19.9 Å². The molecule has 3 heterocycles. The molecule has 0 bridgehead atoms. The molecule has 0 radical (unpaired) electrons. The number of ether oxygens (including phenoxy) is 1. The van der Waals surface area contributed by atoms with Crippen LogP contribution in [-0.4, -0.2) is 40.2 Å². The van der Waals surface area contributed by atoms with Crippen molar-refractivity contribution in [1.29, 1.82) is 0 Å². The number of amides is 1. The summed E-state index contributed by atoms with van der Waals surface area (Å²) in [5, 5.41) is 8.79. The van der Waals surface area contributed by atoms with Crippen molar-refractivity contribution in [2.24, 2.45) is 5.92 Å². The molecule has 5 rings (SSSR count). The number of hydrogen-bond donors (Lipinski definition) is 1. The first-order valence-corrected chi connectivity index (χ1v) is 12.6. The number of aromatic nitrogens is 3. The molecule has 1 saturated heterocycles. The van der Waals surface area contributed by atoms with Gasteiger partial charge in [-0.1, -0.05) is 53.3 Å². The number of fused-ring (bicyclic) bond motifs is 1. The van der Waals surface area contributed by atoms with E-state index in [1.807, 2.05) is 41.9 Å². The zero-order valence-corrected chi connectivity index (χ0v) is 20.3. The zero-order chi connectivity index (χ0) is 23.5. The molecule has 0 spiro atoms. The maximum atomic E-state index is 12.9. The van der Waals surface area contributed by atoms with Crippen molar-refractivity contribution < 1.29 is 9.53 Å². The third-order valence-electron chi connectivity index (χ3n) is 6.14. The van der Waals surface area contributed by atoms with Gasteiger partial charge in [0.1, 0.15) is 5.75 Å². The van der Waals surface area contributed by atoms with Crippen LogP contribution in [0.25, 0.3) is 16.2 Å². The number of nitrogens with one attached hydrogen (secondary N) is 1. The van der Waals surface area contributed by atoms with E-state index >= 15 is 0 Å². The number of rotatable bonds is 7. The molecular formula is C26H29N5O2S. The van der Waals surface area contributed by atoms with Gasteiger partial charge in [0.15, 0.2) is 0 Å². The highest BCUT2D eigenvalue weighted by molar-refractivity contribution is 7.20. The first kappa shape index (κ1) is 22.4. The van der Waals surface area contributed by atoms with Gasteiger partial charge in [-0.25, -0.2) is 9.50 Å². The van der Waals surface area contributed by atoms with Crippen molar-refractivity contribution in [3.8, 4) is 17.0 Å². The molecule has 0 saturated carbocycles. The molecule has 7 nitrogen and oxygen atoms in total. The van der Waals surface area contributed by atoms with Gasteiger partial charge in [0.2, 0.25) is 16.0 Å². The van der Waals surface area contributed by atoms with Crippen molar-refractivity contribution in [2.75, 3.05) is 24.6 Å². The Bertz CT molecular complexity index is 1230. The molecule has 0 unspecified atom stereocenters. The van der Waals surface area contributed by atoms with E-state index < -0.39 is 0 Å². The highest BCUT2D eigenvalue weighted by Gasteiger charge is 2.27.